The summed E-state index contributed by atoms with van der Waals surface area (Å²) in [5.74, 6) is 0.395. The van der Waals surface area contributed by atoms with Crippen LogP contribution in [-0.4, -0.2) is 36.2 Å². The maximum Gasteiger partial charge on any atom is 0.329 e. The fourth-order valence-corrected chi connectivity index (χ4v) is 2.84. The highest BCUT2D eigenvalue weighted by atomic mass is 35.5. The van der Waals surface area contributed by atoms with E-state index < -0.39 is 10.0 Å². The van der Waals surface area contributed by atoms with Gasteiger partial charge in [0.15, 0.2) is 0 Å². The predicted molar refractivity (Wildman–Crippen MR) is 88.9 cm³/mol. The highest BCUT2D eigenvalue weighted by Gasteiger charge is 2.12. The molecule has 0 spiro atoms. The van der Waals surface area contributed by atoms with Crippen LogP contribution in [0.1, 0.15) is 0 Å². The minimum atomic E-state index is -3.27. The van der Waals surface area contributed by atoms with Crippen LogP contribution in [0.3, 0.4) is 0 Å². The maximum absolute atomic E-state index is 12.5. The van der Waals surface area contributed by atoms with Crippen LogP contribution in [0, 0.1) is 0 Å². The number of para-hydroxylation sites is 2. The number of imidazole rings is 1. The molecule has 1 N–H and O–H groups in total. The molecule has 120 valence electrons. The standard InChI is InChI=1S/C14H18ClN3O3S/c1-22(20,21)16-9-11-18-13-7-3-2-6-12(13)17(14(18)19)10-5-4-8-15/h2-7,16H,8-11H2,1H3/b5-4+. The summed E-state index contributed by atoms with van der Waals surface area (Å²) in [4.78, 5) is 12.5. The van der Waals surface area contributed by atoms with Gasteiger partial charge in [-0.15, -0.1) is 11.6 Å². The third kappa shape index (κ3) is 4.00. The van der Waals surface area contributed by atoms with Crippen molar-refractivity contribution in [1.82, 2.24) is 13.9 Å². The number of aromatic nitrogens is 2. The average molecular weight is 344 g/mol. The molecule has 0 amide bonds. The monoisotopic (exact) mass is 343 g/mol. The van der Waals surface area contributed by atoms with Crippen LogP contribution in [0.25, 0.3) is 11.0 Å². The quantitative estimate of drug-likeness (QED) is 0.605. The Morgan fingerprint density at radius 1 is 1.18 bits per heavy atom. The molecule has 1 heterocycles. The van der Waals surface area contributed by atoms with E-state index in [4.69, 9.17) is 11.6 Å². The fraction of sp³-hybridized carbons (Fsp3) is 0.357. The molecule has 0 aliphatic rings. The van der Waals surface area contributed by atoms with Crippen LogP contribution in [0.2, 0.25) is 0 Å². The molecule has 0 saturated carbocycles. The summed E-state index contributed by atoms with van der Waals surface area (Å²) in [6.07, 6.45) is 4.71. The Labute approximate surface area is 134 Å². The summed E-state index contributed by atoms with van der Waals surface area (Å²) in [5.41, 5.74) is 1.42. The molecule has 1 aromatic heterocycles. The lowest BCUT2D eigenvalue weighted by Crippen LogP contribution is -2.31. The number of hydrogen-bond donors (Lipinski definition) is 1. The van der Waals surface area contributed by atoms with Gasteiger partial charge in [0.25, 0.3) is 0 Å². The second-order valence-electron chi connectivity index (χ2n) is 4.83. The lowest BCUT2D eigenvalue weighted by atomic mass is 10.3. The molecule has 6 nitrogen and oxygen atoms in total. The molecule has 1 aromatic carbocycles. The number of fused-ring (bicyclic) bond motifs is 1. The van der Waals surface area contributed by atoms with Gasteiger partial charge in [0.05, 0.1) is 17.3 Å². The number of nitrogens with zero attached hydrogens (tertiary/aromatic N) is 2. The fourth-order valence-electron chi connectivity index (χ4n) is 2.25. The SMILES string of the molecule is CS(=O)(=O)NCCn1c(=O)n(C/C=C/CCl)c2ccccc21. The molecule has 0 saturated heterocycles. The minimum Gasteiger partial charge on any atom is -0.291 e. The number of benzene rings is 1. The molecule has 22 heavy (non-hydrogen) atoms. The van der Waals surface area contributed by atoms with Gasteiger partial charge in [-0.25, -0.2) is 17.9 Å². The van der Waals surface area contributed by atoms with Gasteiger partial charge < -0.3 is 0 Å². The Bertz CT molecular complexity index is 837. The first-order valence-electron chi connectivity index (χ1n) is 6.77. The van der Waals surface area contributed by atoms with Crippen molar-refractivity contribution < 1.29 is 8.42 Å². The van der Waals surface area contributed by atoms with E-state index in [1.807, 2.05) is 30.3 Å². The van der Waals surface area contributed by atoms with Crippen LogP contribution >= 0.6 is 11.6 Å². The summed E-state index contributed by atoms with van der Waals surface area (Å²) < 4.78 is 27.9. The molecule has 0 fully saturated rings. The van der Waals surface area contributed by atoms with Crippen LogP contribution in [0.4, 0.5) is 0 Å². The number of halogens is 1. The minimum absolute atomic E-state index is 0.171. The third-order valence-corrected chi connectivity index (χ3v) is 4.08. The zero-order valence-corrected chi connectivity index (χ0v) is 13.8. The second-order valence-corrected chi connectivity index (χ2v) is 6.97. The molecule has 0 aliphatic heterocycles. The smallest absolute Gasteiger partial charge is 0.291 e. The highest BCUT2D eigenvalue weighted by molar-refractivity contribution is 7.88. The summed E-state index contributed by atoms with van der Waals surface area (Å²) in [6, 6.07) is 7.43. The normalized spacial score (nSPS) is 12.5. The molecule has 8 heteroatoms. The average Bonchev–Trinajstić information content (AvgIpc) is 2.72. The first-order valence-corrected chi connectivity index (χ1v) is 9.20. The molecule has 0 aliphatic carbocycles. The van der Waals surface area contributed by atoms with E-state index in [0.29, 0.717) is 12.4 Å². The molecular formula is C14H18ClN3O3S. The van der Waals surface area contributed by atoms with E-state index in [9.17, 15) is 13.2 Å². The summed E-state index contributed by atoms with van der Waals surface area (Å²) in [6.45, 7) is 0.876. The Kier molecular flexibility index (Phi) is 5.44. The zero-order valence-electron chi connectivity index (χ0n) is 12.2. The lowest BCUT2D eigenvalue weighted by Gasteiger charge is -2.03. The van der Waals surface area contributed by atoms with Crippen molar-refractivity contribution in [2.24, 2.45) is 0 Å². The van der Waals surface area contributed by atoms with E-state index in [-0.39, 0.29) is 18.8 Å². The molecular weight excluding hydrogens is 326 g/mol. The van der Waals surface area contributed by atoms with Crippen LogP contribution in [0.15, 0.2) is 41.2 Å². The van der Waals surface area contributed by atoms with Gasteiger partial charge in [0.1, 0.15) is 0 Å². The number of sulfonamides is 1. The van der Waals surface area contributed by atoms with Crippen LogP contribution in [-0.2, 0) is 23.1 Å². The van der Waals surface area contributed by atoms with Crippen LogP contribution in [0.5, 0.6) is 0 Å². The number of rotatable bonds is 7. The molecule has 0 radical (unpaired) electrons. The Morgan fingerprint density at radius 3 is 2.41 bits per heavy atom. The molecule has 2 aromatic rings. The Balaban J connectivity index is 2.35. The van der Waals surface area contributed by atoms with E-state index in [1.165, 1.54) is 0 Å². The first kappa shape index (κ1) is 16.8. The van der Waals surface area contributed by atoms with Gasteiger partial charge in [-0.2, -0.15) is 0 Å². The van der Waals surface area contributed by atoms with Crippen molar-refractivity contribution in [2.45, 2.75) is 13.1 Å². The molecule has 2 rings (SSSR count). The predicted octanol–water partition coefficient (Wildman–Crippen LogP) is 1.15. The van der Waals surface area contributed by atoms with E-state index in [1.54, 1.807) is 15.2 Å². The second kappa shape index (κ2) is 7.13. The van der Waals surface area contributed by atoms with E-state index >= 15 is 0 Å². The molecule has 0 atom stereocenters. The third-order valence-electron chi connectivity index (χ3n) is 3.17. The molecule has 0 unspecified atom stereocenters. The zero-order chi connectivity index (χ0) is 16.2. The lowest BCUT2D eigenvalue weighted by molar-refractivity contribution is 0.576. The van der Waals surface area contributed by atoms with Gasteiger partial charge in [0, 0.05) is 25.5 Å². The van der Waals surface area contributed by atoms with E-state index in [2.05, 4.69) is 4.72 Å². The first-order chi connectivity index (χ1) is 10.4. The van der Waals surface area contributed by atoms with Crippen molar-refractivity contribution >= 4 is 32.7 Å². The summed E-state index contributed by atoms with van der Waals surface area (Å²) >= 11 is 5.60. The van der Waals surface area contributed by atoms with E-state index in [0.717, 1.165) is 17.3 Å². The Hall–Kier alpha value is -1.57. The van der Waals surface area contributed by atoms with Gasteiger partial charge in [-0.3, -0.25) is 9.13 Å². The molecule has 0 bridgehead atoms. The van der Waals surface area contributed by atoms with Gasteiger partial charge in [-0.05, 0) is 12.1 Å². The topological polar surface area (TPSA) is 73.1 Å². The van der Waals surface area contributed by atoms with Gasteiger partial charge in [0.2, 0.25) is 10.0 Å². The van der Waals surface area contributed by atoms with Crippen molar-refractivity contribution in [3.8, 4) is 0 Å². The summed E-state index contributed by atoms with van der Waals surface area (Å²) in [7, 11) is -3.27. The number of alkyl halides is 1. The maximum atomic E-state index is 12.5. The highest BCUT2D eigenvalue weighted by Crippen LogP contribution is 2.12. The number of nitrogens with one attached hydrogen (secondary N) is 1. The van der Waals surface area contributed by atoms with Crippen molar-refractivity contribution in [2.75, 3.05) is 18.7 Å². The van der Waals surface area contributed by atoms with Gasteiger partial charge in [-0.1, -0.05) is 24.3 Å². The van der Waals surface area contributed by atoms with Crippen molar-refractivity contribution in [1.29, 1.82) is 0 Å². The largest absolute Gasteiger partial charge is 0.329 e. The van der Waals surface area contributed by atoms with Crippen molar-refractivity contribution in [3.05, 3.63) is 46.9 Å². The van der Waals surface area contributed by atoms with Crippen molar-refractivity contribution in [3.63, 3.8) is 0 Å². The van der Waals surface area contributed by atoms with Crippen LogP contribution < -0.4 is 10.4 Å². The number of allylic oxidation sites excluding steroid dienone is 2. The number of hydrogen-bond acceptors (Lipinski definition) is 3. The van der Waals surface area contributed by atoms with Gasteiger partial charge >= 0.3 is 5.69 Å². The Morgan fingerprint density at radius 2 is 1.82 bits per heavy atom. The summed E-state index contributed by atoms with van der Waals surface area (Å²) in [5, 5.41) is 0.